The molecule has 1 aromatic rings. The molecule has 0 spiro atoms. The molecule has 0 atom stereocenters. The molecule has 3 nitrogen and oxygen atoms in total. The summed E-state index contributed by atoms with van der Waals surface area (Å²) in [4.78, 5) is 2.35. The minimum absolute atomic E-state index is 0.108. The maximum atomic E-state index is 5.65. The van der Waals surface area contributed by atoms with E-state index in [2.05, 4.69) is 57.5 Å². The fourth-order valence-corrected chi connectivity index (χ4v) is 1.84. The summed E-state index contributed by atoms with van der Waals surface area (Å²) >= 11 is 0. The van der Waals surface area contributed by atoms with Gasteiger partial charge in [-0.1, -0.05) is 19.9 Å². The first kappa shape index (κ1) is 16.0. The highest BCUT2D eigenvalue weighted by Crippen LogP contribution is 2.18. The van der Waals surface area contributed by atoms with Gasteiger partial charge in [0.1, 0.15) is 5.76 Å². The van der Waals surface area contributed by atoms with E-state index >= 15 is 0 Å². The molecule has 3 heteroatoms. The highest BCUT2D eigenvalue weighted by atomic mass is 16.3. The molecule has 0 saturated heterocycles. The fraction of sp³-hybridized carbons (Fsp3) is 0.625. The molecule has 0 radical (unpaired) electrons. The molecular formula is C16H28N2O. The van der Waals surface area contributed by atoms with Gasteiger partial charge in [0.25, 0.3) is 0 Å². The molecule has 1 heterocycles. The topological polar surface area (TPSA) is 28.4 Å². The van der Waals surface area contributed by atoms with Crippen molar-refractivity contribution >= 4 is 0 Å². The Morgan fingerprint density at radius 3 is 2.63 bits per heavy atom. The summed E-state index contributed by atoms with van der Waals surface area (Å²) in [6.07, 6.45) is 3.79. The molecule has 1 rings (SSSR count). The average Bonchev–Trinajstić information content (AvgIpc) is 2.72. The molecule has 1 N–H and O–H groups in total. The van der Waals surface area contributed by atoms with Crippen LogP contribution in [-0.2, 0) is 13.1 Å². The monoisotopic (exact) mass is 264 g/mol. The van der Waals surface area contributed by atoms with Gasteiger partial charge in [-0.25, -0.2) is 0 Å². The number of hydrogen-bond donors (Lipinski definition) is 1. The van der Waals surface area contributed by atoms with E-state index in [1.165, 1.54) is 5.56 Å². The molecule has 0 aliphatic heterocycles. The van der Waals surface area contributed by atoms with Crippen molar-refractivity contribution in [3.05, 3.63) is 36.3 Å². The zero-order valence-corrected chi connectivity index (χ0v) is 13.0. The van der Waals surface area contributed by atoms with Crippen LogP contribution in [0.15, 0.2) is 29.4 Å². The van der Waals surface area contributed by atoms with Gasteiger partial charge >= 0.3 is 0 Å². The molecule has 0 saturated carbocycles. The number of hydrogen-bond acceptors (Lipinski definition) is 3. The number of nitrogens with zero attached hydrogens (tertiary/aromatic N) is 1. The molecule has 0 bridgehead atoms. The predicted octanol–water partition coefficient (Wildman–Crippen LogP) is 3.56. The van der Waals surface area contributed by atoms with Crippen molar-refractivity contribution in [1.29, 1.82) is 0 Å². The summed E-state index contributed by atoms with van der Waals surface area (Å²) in [5.74, 6) is 1.01. The SMILES string of the molecule is C=CCN(Cc1cc(CNC(C)C)co1)C(C)(C)C. The van der Waals surface area contributed by atoms with Gasteiger partial charge in [0.15, 0.2) is 0 Å². The lowest BCUT2D eigenvalue weighted by Crippen LogP contribution is -2.40. The predicted molar refractivity (Wildman–Crippen MR) is 81.0 cm³/mol. The molecule has 0 fully saturated rings. The molecule has 0 aliphatic rings. The molecule has 108 valence electrons. The molecule has 19 heavy (non-hydrogen) atoms. The van der Waals surface area contributed by atoms with Crippen molar-refractivity contribution in [2.45, 2.75) is 59.3 Å². The molecule has 0 amide bonds. The minimum Gasteiger partial charge on any atom is -0.468 e. The van der Waals surface area contributed by atoms with Crippen LogP contribution in [-0.4, -0.2) is 23.0 Å². The van der Waals surface area contributed by atoms with Crippen LogP contribution in [0.2, 0.25) is 0 Å². The lowest BCUT2D eigenvalue weighted by molar-refractivity contribution is 0.134. The van der Waals surface area contributed by atoms with E-state index in [9.17, 15) is 0 Å². The van der Waals surface area contributed by atoms with Crippen LogP contribution >= 0.6 is 0 Å². The Bertz CT molecular complexity index is 388. The second kappa shape index (κ2) is 6.92. The van der Waals surface area contributed by atoms with Crippen molar-refractivity contribution < 1.29 is 4.42 Å². The molecule has 0 aromatic carbocycles. The smallest absolute Gasteiger partial charge is 0.118 e. The first-order valence-electron chi connectivity index (χ1n) is 6.98. The average molecular weight is 264 g/mol. The zero-order valence-electron chi connectivity index (χ0n) is 13.0. The quantitative estimate of drug-likeness (QED) is 0.763. The van der Waals surface area contributed by atoms with Crippen LogP contribution in [0.25, 0.3) is 0 Å². The molecular weight excluding hydrogens is 236 g/mol. The van der Waals surface area contributed by atoms with E-state index in [0.29, 0.717) is 6.04 Å². The molecule has 0 unspecified atom stereocenters. The maximum absolute atomic E-state index is 5.65. The Hall–Kier alpha value is -1.06. The van der Waals surface area contributed by atoms with Crippen molar-refractivity contribution in [2.75, 3.05) is 6.54 Å². The van der Waals surface area contributed by atoms with E-state index in [1.54, 1.807) is 0 Å². The van der Waals surface area contributed by atoms with Crippen molar-refractivity contribution in [3.8, 4) is 0 Å². The van der Waals surface area contributed by atoms with Gasteiger partial charge in [-0.3, -0.25) is 4.90 Å². The summed E-state index contributed by atoms with van der Waals surface area (Å²) in [5, 5.41) is 3.39. The van der Waals surface area contributed by atoms with Crippen LogP contribution in [0.1, 0.15) is 45.9 Å². The zero-order chi connectivity index (χ0) is 14.5. The molecule has 0 aliphatic carbocycles. The summed E-state index contributed by atoms with van der Waals surface area (Å²) in [6, 6.07) is 2.63. The van der Waals surface area contributed by atoms with Gasteiger partial charge < -0.3 is 9.73 Å². The van der Waals surface area contributed by atoms with Crippen LogP contribution in [0.5, 0.6) is 0 Å². The van der Waals surface area contributed by atoms with E-state index in [1.807, 2.05) is 12.3 Å². The first-order valence-corrected chi connectivity index (χ1v) is 6.98. The van der Waals surface area contributed by atoms with Gasteiger partial charge in [0, 0.05) is 30.2 Å². The lowest BCUT2D eigenvalue weighted by atomic mass is 10.1. The van der Waals surface area contributed by atoms with Gasteiger partial charge in [-0.15, -0.1) is 6.58 Å². The van der Waals surface area contributed by atoms with Crippen LogP contribution in [0.4, 0.5) is 0 Å². The van der Waals surface area contributed by atoms with Gasteiger partial charge in [-0.05, 0) is 26.8 Å². The van der Waals surface area contributed by atoms with Crippen LogP contribution in [0, 0.1) is 0 Å². The van der Waals surface area contributed by atoms with Crippen molar-refractivity contribution in [3.63, 3.8) is 0 Å². The van der Waals surface area contributed by atoms with Gasteiger partial charge in [0.05, 0.1) is 12.8 Å². The largest absolute Gasteiger partial charge is 0.468 e. The summed E-state index contributed by atoms with van der Waals surface area (Å²) in [7, 11) is 0. The first-order chi connectivity index (χ1) is 8.82. The summed E-state index contributed by atoms with van der Waals surface area (Å²) in [6.45, 7) is 17.3. The Morgan fingerprint density at radius 1 is 1.42 bits per heavy atom. The number of rotatable bonds is 7. The van der Waals surface area contributed by atoms with Crippen LogP contribution < -0.4 is 5.32 Å². The van der Waals surface area contributed by atoms with Gasteiger partial charge in [-0.2, -0.15) is 0 Å². The third-order valence-corrected chi connectivity index (χ3v) is 3.07. The summed E-state index contributed by atoms with van der Waals surface area (Å²) in [5.41, 5.74) is 1.31. The van der Waals surface area contributed by atoms with Crippen molar-refractivity contribution in [1.82, 2.24) is 10.2 Å². The maximum Gasteiger partial charge on any atom is 0.118 e. The van der Waals surface area contributed by atoms with Gasteiger partial charge in [0.2, 0.25) is 0 Å². The van der Waals surface area contributed by atoms with E-state index in [-0.39, 0.29) is 5.54 Å². The third-order valence-electron chi connectivity index (χ3n) is 3.07. The Balaban J connectivity index is 2.62. The van der Waals surface area contributed by atoms with Crippen molar-refractivity contribution in [2.24, 2.45) is 0 Å². The van der Waals surface area contributed by atoms with E-state index in [0.717, 1.165) is 25.4 Å². The lowest BCUT2D eigenvalue weighted by Gasteiger charge is -2.34. The normalized spacial score (nSPS) is 12.4. The highest BCUT2D eigenvalue weighted by Gasteiger charge is 2.21. The third kappa shape index (κ3) is 5.62. The Morgan fingerprint density at radius 2 is 2.11 bits per heavy atom. The number of nitrogens with one attached hydrogen (secondary N) is 1. The fourth-order valence-electron chi connectivity index (χ4n) is 1.84. The molecule has 1 aromatic heterocycles. The minimum atomic E-state index is 0.108. The Labute approximate surface area is 117 Å². The Kier molecular flexibility index (Phi) is 5.83. The standard InChI is InChI=1S/C16H28N2O/c1-7-8-18(16(4,5)6)11-15-9-14(12-19-15)10-17-13(2)3/h7,9,12-13,17H,1,8,10-11H2,2-6H3. The second-order valence-electron chi connectivity index (χ2n) is 6.30. The van der Waals surface area contributed by atoms with E-state index < -0.39 is 0 Å². The summed E-state index contributed by atoms with van der Waals surface area (Å²) < 4.78 is 5.65. The van der Waals surface area contributed by atoms with E-state index in [4.69, 9.17) is 4.42 Å². The highest BCUT2D eigenvalue weighted by molar-refractivity contribution is 5.13. The van der Waals surface area contributed by atoms with Crippen LogP contribution in [0.3, 0.4) is 0 Å². The second-order valence-corrected chi connectivity index (χ2v) is 6.30. The number of furan rings is 1.